The van der Waals surface area contributed by atoms with E-state index in [0.29, 0.717) is 13.2 Å². The van der Waals surface area contributed by atoms with Gasteiger partial charge in [0.25, 0.3) is 0 Å². The molecule has 2 rings (SSSR count). The van der Waals surface area contributed by atoms with E-state index in [2.05, 4.69) is 0 Å². The third-order valence-electron chi connectivity index (χ3n) is 2.31. The Labute approximate surface area is 94.8 Å². The van der Waals surface area contributed by atoms with Crippen molar-refractivity contribution in [2.24, 2.45) is 5.73 Å². The van der Waals surface area contributed by atoms with Gasteiger partial charge in [-0.15, -0.1) is 0 Å². The highest BCUT2D eigenvalue weighted by Gasteiger charge is 2.16. The number of ether oxygens (including phenoxy) is 1. The van der Waals surface area contributed by atoms with Gasteiger partial charge < -0.3 is 14.9 Å². The van der Waals surface area contributed by atoms with Gasteiger partial charge >= 0.3 is 0 Å². The molecule has 84 valence electrons. The van der Waals surface area contributed by atoms with Gasteiger partial charge in [-0.2, -0.15) is 0 Å². The molecule has 3 nitrogen and oxygen atoms in total. The van der Waals surface area contributed by atoms with Gasteiger partial charge in [0.15, 0.2) is 0 Å². The summed E-state index contributed by atoms with van der Waals surface area (Å²) in [5, 5.41) is 0. The summed E-state index contributed by atoms with van der Waals surface area (Å²) < 4.78 is 11.1. The van der Waals surface area contributed by atoms with E-state index in [4.69, 9.17) is 14.9 Å². The lowest BCUT2D eigenvalue weighted by Crippen LogP contribution is -2.13. The average Bonchev–Trinajstić information content (AvgIpc) is 2.85. The lowest BCUT2D eigenvalue weighted by molar-refractivity contribution is 0.0709. The van der Waals surface area contributed by atoms with Gasteiger partial charge in [0.1, 0.15) is 11.9 Å². The Kier molecular flexibility index (Phi) is 3.75. The molecule has 0 saturated heterocycles. The van der Waals surface area contributed by atoms with Crippen LogP contribution in [0.4, 0.5) is 0 Å². The first-order chi connectivity index (χ1) is 7.92. The lowest BCUT2D eigenvalue weighted by Gasteiger charge is -2.15. The van der Waals surface area contributed by atoms with Crippen LogP contribution in [0, 0.1) is 0 Å². The molecule has 0 spiro atoms. The van der Waals surface area contributed by atoms with Crippen molar-refractivity contribution in [3.05, 3.63) is 60.1 Å². The van der Waals surface area contributed by atoms with E-state index < -0.39 is 0 Å². The summed E-state index contributed by atoms with van der Waals surface area (Å²) in [6, 6.07) is 13.7. The third kappa shape index (κ3) is 2.51. The van der Waals surface area contributed by atoms with E-state index in [1.54, 1.807) is 6.26 Å². The predicted molar refractivity (Wildman–Crippen MR) is 62.0 cm³/mol. The number of furan rings is 1. The maximum absolute atomic E-state index is 5.70. The Morgan fingerprint density at radius 3 is 2.56 bits per heavy atom. The van der Waals surface area contributed by atoms with Gasteiger partial charge in [-0.3, -0.25) is 0 Å². The molecule has 1 aromatic carbocycles. The van der Waals surface area contributed by atoms with Crippen LogP contribution in [0.1, 0.15) is 17.4 Å². The van der Waals surface area contributed by atoms with Crippen molar-refractivity contribution in [2.45, 2.75) is 6.10 Å². The highest BCUT2D eigenvalue weighted by molar-refractivity contribution is 5.24. The average molecular weight is 217 g/mol. The van der Waals surface area contributed by atoms with E-state index in [1.807, 2.05) is 42.5 Å². The summed E-state index contributed by atoms with van der Waals surface area (Å²) in [6.07, 6.45) is 1.48. The van der Waals surface area contributed by atoms with Crippen LogP contribution in [0.5, 0.6) is 0 Å². The highest BCUT2D eigenvalue weighted by atomic mass is 16.5. The topological polar surface area (TPSA) is 48.4 Å². The molecule has 0 aliphatic rings. The molecular formula is C13H15NO2. The number of hydrogen-bond donors (Lipinski definition) is 1. The molecule has 2 N–H and O–H groups in total. The van der Waals surface area contributed by atoms with Crippen LogP contribution >= 0.6 is 0 Å². The van der Waals surface area contributed by atoms with Crippen LogP contribution in [-0.2, 0) is 4.74 Å². The fraction of sp³-hybridized carbons (Fsp3) is 0.231. The maximum Gasteiger partial charge on any atom is 0.140 e. The first-order valence-corrected chi connectivity index (χ1v) is 5.32. The molecule has 0 amide bonds. The smallest absolute Gasteiger partial charge is 0.140 e. The van der Waals surface area contributed by atoms with E-state index in [9.17, 15) is 0 Å². The van der Waals surface area contributed by atoms with E-state index >= 15 is 0 Å². The fourth-order valence-corrected chi connectivity index (χ4v) is 1.60. The van der Waals surface area contributed by atoms with Crippen molar-refractivity contribution in [1.82, 2.24) is 0 Å². The molecule has 0 radical (unpaired) electrons. The molecule has 0 aliphatic heterocycles. The van der Waals surface area contributed by atoms with Crippen LogP contribution in [0.3, 0.4) is 0 Å². The molecule has 2 aromatic rings. The molecule has 1 unspecified atom stereocenters. The summed E-state index contributed by atoms with van der Waals surface area (Å²) in [6.45, 7) is 1.02. The second kappa shape index (κ2) is 5.49. The molecule has 1 heterocycles. The predicted octanol–water partition coefficient (Wildman–Crippen LogP) is 2.34. The van der Waals surface area contributed by atoms with Gasteiger partial charge in [-0.25, -0.2) is 0 Å². The molecule has 0 aliphatic carbocycles. The minimum atomic E-state index is -0.167. The summed E-state index contributed by atoms with van der Waals surface area (Å²) in [7, 11) is 0. The normalized spacial score (nSPS) is 12.6. The number of hydrogen-bond acceptors (Lipinski definition) is 3. The van der Waals surface area contributed by atoms with Crippen LogP contribution in [0.15, 0.2) is 53.1 Å². The van der Waals surface area contributed by atoms with Gasteiger partial charge in [-0.05, 0) is 17.7 Å². The molecule has 16 heavy (non-hydrogen) atoms. The molecule has 1 atom stereocenters. The zero-order valence-electron chi connectivity index (χ0n) is 9.00. The Morgan fingerprint density at radius 1 is 1.12 bits per heavy atom. The Hall–Kier alpha value is -1.58. The van der Waals surface area contributed by atoms with Crippen LogP contribution in [0.2, 0.25) is 0 Å². The molecule has 0 bridgehead atoms. The second-order valence-electron chi connectivity index (χ2n) is 3.47. The lowest BCUT2D eigenvalue weighted by atomic mass is 10.1. The minimum Gasteiger partial charge on any atom is -0.466 e. The summed E-state index contributed by atoms with van der Waals surface area (Å²) >= 11 is 0. The summed E-state index contributed by atoms with van der Waals surface area (Å²) in [5.74, 6) is 0.805. The monoisotopic (exact) mass is 217 g/mol. The summed E-state index contributed by atoms with van der Waals surface area (Å²) in [5.41, 5.74) is 6.53. The van der Waals surface area contributed by atoms with Gasteiger partial charge in [0, 0.05) is 6.54 Å². The van der Waals surface area contributed by atoms with Crippen LogP contribution in [-0.4, -0.2) is 13.2 Å². The summed E-state index contributed by atoms with van der Waals surface area (Å²) in [4.78, 5) is 0. The van der Waals surface area contributed by atoms with Gasteiger partial charge in [0.05, 0.1) is 12.9 Å². The molecule has 3 heteroatoms. The first-order valence-electron chi connectivity index (χ1n) is 5.32. The third-order valence-corrected chi connectivity index (χ3v) is 2.31. The highest BCUT2D eigenvalue weighted by Crippen LogP contribution is 2.25. The van der Waals surface area contributed by atoms with Gasteiger partial charge in [-0.1, -0.05) is 30.3 Å². The molecular weight excluding hydrogens is 202 g/mol. The molecule has 0 saturated carbocycles. The van der Waals surface area contributed by atoms with Gasteiger partial charge in [0.2, 0.25) is 0 Å². The Bertz CT molecular complexity index is 397. The van der Waals surface area contributed by atoms with Crippen LogP contribution in [0.25, 0.3) is 0 Å². The van der Waals surface area contributed by atoms with Crippen LogP contribution < -0.4 is 5.73 Å². The standard InChI is InChI=1S/C13H15NO2/c14-8-10-16-13(12-7-4-9-15-12)11-5-2-1-3-6-11/h1-7,9,13H,8,10,14H2. The van der Waals surface area contributed by atoms with Crippen molar-refractivity contribution in [3.63, 3.8) is 0 Å². The maximum atomic E-state index is 5.70. The number of benzene rings is 1. The Morgan fingerprint density at radius 2 is 1.94 bits per heavy atom. The first kappa shape index (κ1) is 10.9. The van der Waals surface area contributed by atoms with Crippen molar-refractivity contribution in [3.8, 4) is 0 Å². The van der Waals surface area contributed by atoms with E-state index in [-0.39, 0.29) is 6.10 Å². The van der Waals surface area contributed by atoms with Crippen molar-refractivity contribution < 1.29 is 9.15 Å². The molecule has 1 aromatic heterocycles. The fourth-order valence-electron chi connectivity index (χ4n) is 1.60. The van der Waals surface area contributed by atoms with Crippen molar-refractivity contribution in [1.29, 1.82) is 0 Å². The quantitative estimate of drug-likeness (QED) is 0.836. The number of nitrogens with two attached hydrogens (primary N) is 1. The van der Waals surface area contributed by atoms with E-state index in [0.717, 1.165) is 11.3 Å². The second-order valence-corrected chi connectivity index (χ2v) is 3.47. The number of rotatable bonds is 5. The zero-order valence-corrected chi connectivity index (χ0v) is 9.00. The van der Waals surface area contributed by atoms with E-state index in [1.165, 1.54) is 0 Å². The minimum absolute atomic E-state index is 0.167. The van der Waals surface area contributed by atoms with Crippen molar-refractivity contribution >= 4 is 0 Å². The van der Waals surface area contributed by atoms with Crippen molar-refractivity contribution in [2.75, 3.05) is 13.2 Å². The Balaban J connectivity index is 2.21. The SMILES string of the molecule is NCCOC(c1ccccc1)c1ccco1. The zero-order chi connectivity index (χ0) is 11.2. The largest absolute Gasteiger partial charge is 0.466 e. The molecule has 0 fully saturated rings.